The monoisotopic (exact) mass is 503 g/mol. The van der Waals surface area contributed by atoms with Crippen LogP contribution in [0, 0.1) is 10.1 Å². The summed E-state index contributed by atoms with van der Waals surface area (Å²) in [5.41, 5.74) is 3.16. The maximum atomic E-state index is 12.2. The molecule has 1 aromatic heterocycles. The predicted octanol–water partition coefficient (Wildman–Crippen LogP) is 6.04. The first-order chi connectivity index (χ1) is 16.7. The predicted molar refractivity (Wildman–Crippen MR) is 135 cm³/mol. The number of rotatable bonds is 12. The second-order valence-corrected chi connectivity index (χ2v) is 10.6. The zero-order chi connectivity index (χ0) is 25.6. The molecule has 11 heteroatoms. The van der Waals surface area contributed by atoms with Gasteiger partial charge in [-0.05, 0) is 43.5 Å². The summed E-state index contributed by atoms with van der Waals surface area (Å²) in [6, 6.07) is 10.6. The molecule has 0 bridgehead atoms. The molecule has 0 unspecified atom stereocenters. The van der Waals surface area contributed by atoms with E-state index in [0.717, 1.165) is 59.6 Å². The summed E-state index contributed by atoms with van der Waals surface area (Å²) < 4.78 is 24.3. The number of nitro groups is 1. The van der Waals surface area contributed by atoms with Crippen LogP contribution in [0.25, 0.3) is 21.8 Å². The van der Waals surface area contributed by atoms with Crippen LogP contribution in [0.2, 0.25) is 0 Å². The van der Waals surface area contributed by atoms with E-state index in [0.29, 0.717) is 11.9 Å². The van der Waals surface area contributed by atoms with Crippen LogP contribution in [0.1, 0.15) is 45.1 Å². The van der Waals surface area contributed by atoms with Crippen molar-refractivity contribution in [2.75, 3.05) is 20.4 Å². The number of hydrogen-bond acceptors (Lipinski definition) is 8. The third-order valence-corrected chi connectivity index (χ3v) is 7.88. The zero-order valence-electron chi connectivity index (χ0n) is 20.4. The van der Waals surface area contributed by atoms with Crippen LogP contribution >= 0.6 is 7.60 Å². The number of carbonyl (C=O) groups is 1. The highest BCUT2D eigenvalue weighted by atomic mass is 31.2. The Balaban J connectivity index is 1.86. The van der Waals surface area contributed by atoms with Crippen molar-refractivity contribution in [3.05, 3.63) is 52.1 Å². The molecule has 2 aromatic carbocycles. The number of aromatic nitrogens is 1. The number of oxime groups is 1. The Labute approximate surface area is 203 Å². The summed E-state index contributed by atoms with van der Waals surface area (Å²) in [6.45, 7) is 3.74. The maximum Gasteiger partial charge on any atom is 0.331 e. The fraction of sp³-hybridized carbons (Fsp3) is 0.417. The van der Waals surface area contributed by atoms with E-state index in [-0.39, 0.29) is 5.69 Å². The lowest BCUT2D eigenvalue weighted by atomic mass is 10.1. The Morgan fingerprint density at radius 3 is 2.26 bits per heavy atom. The topological polar surface area (TPSA) is 122 Å². The Kier molecular flexibility index (Phi) is 8.77. The van der Waals surface area contributed by atoms with Gasteiger partial charge < -0.3 is 18.5 Å². The molecule has 0 fully saturated rings. The minimum Gasteiger partial charge on any atom is -0.340 e. The van der Waals surface area contributed by atoms with E-state index in [1.807, 2.05) is 18.2 Å². The number of benzene rings is 2. The molecule has 35 heavy (non-hydrogen) atoms. The van der Waals surface area contributed by atoms with Crippen molar-refractivity contribution in [1.82, 2.24) is 4.57 Å². The molecular formula is C24H30N3O7P. The number of aryl methyl sites for hydroxylation is 1. The molecule has 0 radical (unpaired) electrons. The number of unbranched alkanes of at least 4 members (excludes halogenated alkanes) is 3. The number of hydrogen-bond donors (Lipinski definition) is 0. The normalized spacial score (nSPS) is 12.4. The van der Waals surface area contributed by atoms with Gasteiger partial charge in [-0.2, -0.15) is 0 Å². The zero-order valence-corrected chi connectivity index (χ0v) is 21.2. The van der Waals surface area contributed by atoms with Crippen LogP contribution in [0.15, 0.2) is 41.6 Å². The first-order valence-corrected chi connectivity index (χ1v) is 13.1. The lowest BCUT2D eigenvalue weighted by Crippen LogP contribution is -2.01. The number of nitrogens with zero attached hydrogens (tertiary/aromatic N) is 3. The number of fused-ring (bicyclic) bond motifs is 3. The Hall–Kier alpha value is -3.07. The molecule has 0 N–H and O–H groups in total. The fourth-order valence-electron chi connectivity index (χ4n) is 4.04. The Morgan fingerprint density at radius 2 is 1.63 bits per heavy atom. The molecule has 1 heterocycles. The SMILES string of the molecule is COP(=O)(CCCCCCn1c2ccc(C(C)=NOC(C)=O)cc2c2cc([N+](=O)[O-])ccc21)OC. The Bertz CT molecular complexity index is 1310. The molecule has 3 rings (SSSR count). The van der Waals surface area contributed by atoms with E-state index < -0.39 is 18.5 Å². The van der Waals surface area contributed by atoms with Gasteiger partial charge >= 0.3 is 13.6 Å². The van der Waals surface area contributed by atoms with Gasteiger partial charge in [0, 0.05) is 61.6 Å². The van der Waals surface area contributed by atoms with Crippen molar-refractivity contribution in [3.63, 3.8) is 0 Å². The summed E-state index contributed by atoms with van der Waals surface area (Å²) >= 11 is 0. The third kappa shape index (κ3) is 6.33. The van der Waals surface area contributed by atoms with Gasteiger partial charge in [0.05, 0.1) is 16.8 Å². The number of nitro benzene ring substituents is 1. The van der Waals surface area contributed by atoms with Crippen LogP contribution in [0.4, 0.5) is 5.69 Å². The van der Waals surface area contributed by atoms with E-state index in [2.05, 4.69) is 9.72 Å². The van der Waals surface area contributed by atoms with E-state index in [1.54, 1.807) is 19.1 Å². The van der Waals surface area contributed by atoms with E-state index in [9.17, 15) is 19.5 Å². The van der Waals surface area contributed by atoms with Gasteiger partial charge in [0.25, 0.3) is 5.69 Å². The molecule has 0 amide bonds. The highest BCUT2D eigenvalue weighted by Gasteiger charge is 2.20. The molecule has 0 saturated heterocycles. The largest absolute Gasteiger partial charge is 0.340 e. The van der Waals surface area contributed by atoms with Gasteiger partial charge in [0.1, 0.15) is 0 Å². The molecular weight excluding hydrogens is 473 g/mol. The van der Waals surface area contributed by atoms with E-state index in [4.69, 9.17) is 13.9 Å². The summed E-state index contributed by atoms with van der Waals surface area (Å²) in [4.78, 5) is 26.8. The molecule has 0 aliphatic heterocycles. The molecule has 0 spiro atoms. The van der Waals surface area contributed by atoms with E-state index >= 15 is 0 Å². The quantitative estimate of drug-likeness (QED) is 0.0738. The first-order valence-electron chi connectivity index (χ1n) is 11.3. The number of carbonyl (C=O) groups excluding carboxylic acids is 1. The molecule has 10 nitrogen and oxygen atoms in total. The van der Waals surface area contributed by atoms with E-state index in [1.165, 1.54) is 27.2 Å². The summed E-state index contributed by atoms with van der Waals surface area (Å²) in [6.07, 6.45) is 3.82. The lowest BCUT2D eigenvalue weighted by molar-refractivity contribution is -0.384. The van der Waals surface area contributed by atoms with Gasteiger partial charge in [0.2, 0.25) is 0 Å². The van der Waals surface area contributed by atoms with Crippen molar-refractivity contribution in [2.24, 2.45) is 5.16 Å². The summed E-state index contributed by atoms with van der Waals surface area (Å²) in [5.74, 6) is -0.509. The van der Waals surface area contributed by atoms with Crippen LogP contribution < -0.4 is 0 Å². The Morgan fingerprint density at radius 1 is 1.00 bits per heavy atom. The molecule has 0 saturated carbocycles. The smallest absolute Gasteiger partial charge is 0.331 e. The highest BCUT2D eigenvalue weighted by molar-refractivity contribution is 7.53. The van der Waals surface area contributed by atoms with Gasteiger partial charge in [-0.25, -0.2) is 4.79 Å². The molecule has 188 valence electrons. The van der Waals surface area contributed by atoms with Crippen LogP contribution in [0.3, 0.4) is 0 Å². The van der Waals surface area contributed by atoms with Gasteiger partial charge in [-0.1, -0.05) is 24.1 Å². The fourth-order valence-corrected chi connectivity index (χ4v) is 5.17. The minimum absolute atomic E-state index is 0.0213. The number of non-ortho nitro benzene ring substituents is 1. The molecule has 0 atom stereocenters. The second-order valence-electron chi connectivity index (χ2n) is 8.22. The maximum absolute atomic E-state index is 12.2. The standard InChI is InChI=1S/C24H30N3O7P/c1-17(25-34-18(2)28)19-9-11-23-21(15-19)22-16-20(27(29)30)10-12-24(22)26(23)13-7-5-6-8-14-35(31,32-3)33-4/h9-12,15-16H,5-8,13-14H2,1-4H3. The van der Waals surface area contributed by atoms with Crippen molar-refractivity contribution >= 4 is 46.8 Å². The van der Waals surface area contributed by atoms with Crippen molar-refractivity contribution < 1.29 is 28.2 Å². The van der Waals surface area contributed by atoms with Gasteiger partial charge in [-0.15, -0.1) is 0 Å². The van der Waals surface area contributed by atoms with Crippen molar-refractivity contribution in [1.29, 1.82) is 0 Å². The van der Waals surface area contributed by atoms with Crippen molar-refractivity contribution in [3.8, 4) is 0 Å². The van der Waals surface area contributed by atoms with Gasteiger partial charge in [-0.3, -0.25) is 14.7 Å². The average molecular weight is 503 g/mol. The van der Waals surface area contributed by atoms with Crippen LogP contribution in [-0.2, 0) is 29.8 Å². The average Bonchev–Trinajstić information content (AvgIpc) is 3.16. The van der Waals surface area contributed by atoms with Gasteiger partial charge in [0.15, 0.2) is 0 Å². The minimum atomic E-state index is -2.98. The second kappa shape index (κ2) is 11.6. The highest BCUT2D eigenvalue weighted by Crippen LogP contribution is 2.47. The lowest BCUT2D eigenvalue weighted by Gasteiger charge is -2.13. The molecule has 3 aromatic rings. The van der Waals surface area contributed by atoms with Crippen LogP contribution in [0.5, 0.6) is 0 Å². The molecule has 0 aliphatic rings. The van der Waals surface area contributed by atoms with Crippen LogP contribution in [-0.4, -0.2) is 41.6 Å². The summed E-state index contributed by atoms with van der Waals surface area (Å²) in [5, 5.41) is 16.9. The molecule has 0 aliphatic carbocycles. The van der Waals surface area contributed by atoms with Crippen molar-refractivity contribution in [2.45, 2.75) is 46.1 Å². The third-order valence-electron chi connectivity index (χ3n) is 5.91. The first kappa shape index (κ1) is 26.5. The summed E-state index contributed by atoms with van der Waals surface area (Å²) in [7, 11) is -0.188.